The lowest BCUT2D eigenvalue weighted by molar-refractivity contribution is -0.146. The second-order valence-corrected chi connectivity index (χ2v) is 6.45. The molecule has 0 aliphatic carbocycles. The van der Waals surface area contributed by atoms with Crippen molar-refractivity contribution in [3.63, 3.8) is 0 Å². The minimum atomic E-state index is -0.765. The smallest absolute Gasteiger partial charge is 0.328 e. The third-order valence-electron chi connectivity index (χ3n) is 3.37. The van der Waals surface area contributed by atoms with Crippen molar-refractivity contribution in [1.29, 1.82) is 0 Å². The van der Waals surface area contributed by atoms with Crippen LogP contribution in [0, 0.1) is 5.92 Å². The Morgan fingerprint density at radius 2 is 2.08 bits per heavy atom. The molecular formula is C16H19N3O4S. The second-order valence-electron chi connectivity index (χ2n) is 5.50. The van der Waals surface area contributed by atoms with E-state index in [4.69, 9.17) is 0 Å². The summed E-state index contributed by atoms with van der Waals surface area (Å²) in [5, 5.41) is 8.70. The molecule has 0 spiro atoms. The van der Waals surface area contributed by atoms with Gasteiger partial charge in [0, 0.05) is 6.07 Å². The van der Waals surface area contributed by atoms with E-state index in [-0.39, 0.29) is 18.0 Å². The highest BCUT2D eigenvalue weighted by molar-refractivity contribution is 7.13. The van der Waals surface area contributed by atoms with Gasteiger partial charge in [0.1, 0.15) is 18.3 Å². The number of nitrogens with one attached hydrogen (secondary N) is 1. The second kappa shape index (κ2) is 7.87. The molecule has 0 saturated heterocycles. The van der Waals surface area contributed by atoms with E-state index in [1.54, 1.807) is 19.9 Å². The fourth-order valence-corrected chi connectivity index (χ4v) is 2.79. The van der Waals surface area contributed by atoms with Gasteiger partial charge < -0.3 is 10.1 Å². The molecule has 24 heavy (non-hydrogen) atoms. The van der Waals surface area contributed by atoms with Gasteiger partial charge in [-0.1, -0.05) is 19.9 Å². The Morgan fingerprint density at radius 3 is 2.67 bits per heavy atom. The number of aromatic nitrogens is 2. The Morgan fingerprint density at radius 1 is 1.33 bits per heavy atom. The van der Waals surface area contributed by atoms with Crippen molar-refractivity contribution in [3.05, 3.63) is 40.0 Å². The molecule has 0 radical (unpaired) electrons. The van der Waals surface area contributed by atoms with Crippen LogP contribution < -0.4 is 10.9 Å². The van der Waals surface area contributed by atoms with Crippen LogP contribution in [-0.4, -0.2) is 34.8 Å². The maximum absolute atomic E-state index is 12.2. The van der Waals surface area contributed by atoms with Crippen LogP contribution in [0.1, 0.15) is 13.8 Å². The molecule has 0 aliphatic heterocycles. The van der Waals surface area contributed by atoms with Gasteiger partial charge in [-0.2, -0.15) is 5.10 Å². The Bertz CT molecular complexity index is 768. The minimum Gasteiger partial charge on any atom is -0.467 e. The van der Waals surface area contributed by atoms with Gasteiger partial charge in [-0.3, -0.25) is 9.59 Å². The normalized spacial score (nSPS) is 12.0. The highest BCUT2D eigenvalue weighted by Crippen LogP contribution is 2.20. The highest BCUT2D eigenvalue weighted by atomic mass is 32.1. The van der Waals surface area contributed by atoms with Gasteiger partial charge in [0.15, 0.2) is 0 Å². The molecule has 1 atom stereocenters. The van der Waals surface area contributed by atoms with Crippen molar-refractivity contribution in [2.24, 2.45) is 5.92 Å². The topological polar surface area (TPSA) is 90.3 Å². The Hall–Kier alpha value is -2.48. The summed E-state index contributed by atoms with van der Waals surface area (Å²) in [7, 11) is 1.26. The first-order valence-electron chi connectivity index (χ1n) is 7.41. The maximum Gasteiger partial charge on any atom is 0.328 e. The summed E-state index contributed by atoms with van der Waals surface area (Å²) in [6, 6.07) is 5.99. The van der Waals surface area contributed by atoms with Gasteiger partial charge in [-0.25, -0.2) is 9.48 Å². The molecule has 1 amide bonds. The molecule has 128 valence electrons. The molecule has 8 heteroatoms. The Kier molecular flexibility index (Phi) is 5.86. The number of esters is 1. The standard InChI is InChI=1S/C16H19N3O4S/c1-10(2)15(16(22)23-3)17-13(20)9-19-14(21)7-6-11(18-19)12-5-4-8-24-12/h4-8,10,15H,9H2,1-3H3,(H,17,20). The van der Waals surface area contributed by atoms with E-state index in [2.05, 4.69) is 15.2 Å². The summed E-state index contributed by atoms with van der Waals surface area (Å²) in [4.78, 5) is 36.7. The first-order chi connectivity index (χ1) is 11.4. The van der Waals surface area contributed by atoms with Crippen molar-refractivity contribution < 1.29 is 14.3 Å². The van der Waals surface area contributed by atoms with Gasteiger partial charge in [0.25, 0.3) is 5.56 Å². The lowest BCUT2D eigenvalue weighted by Crippen LogP contribution is -2.47. The van der Waals surface area contributed by atoms with Gasteiger partial charge in [-0.05, 0) is 23.4 Å². The largest absolute Gasteiger partial charge is 0.467 e. The summed E-state index contributed by atoms with van der Waals surface area (Å²) in [5.74, 6) is -1.13. The number of carbonyl (C=O) groups excluding carboxylic acids is 2. The van der Waals surface area contributed by atoms with Crippen molar-refractivity contribution in [2.75, 3.05) is 7.11 Å². The SMILES string of the molecule is COC(=O)C(NC(=O)Cn1nc(-c2cccs2)ccc1=O)C(C)C. The van der Waals surface area contributed by atoms with E-state index >= 15 is 0 Å². The van der Waals surface area contributed by atoms with Crippen molar-refractivity contribution in [1.82, 2.24) is 15.1 Å². The van der Waals surface area contributed by atoms with Gasteiger partial charge in [-0.15, -0.1) is 11.3 Å². The zero-order chi connectivity index (χ0) is 17.7. The van der Waals surface area contributed by atoms with Crippen molar-refractivity contribution in [2.45, 2.75) is 26.4 Å². The molecule has 0 fully saturated rings. The number of nitrogens with zero attached hydrogens (tertiary/aromatic N) is 2. The quantitative estimate of drug-likeness (QED) is 0.794. The fraction of sp³-hybridized carbons (Fsp3) is 0.375. The van der Waals surface area contributed by atoms with E-state index in [0.29, 0.717) is 5.69 Å². The third-order valence-corrected chi connectivity index (χ3v) is 4.26. The van der Waals surface area contributed by atoms with Crippen LogP contribution in [-0.2, 0) is 20.9 Å². The predicted octanol–water partition coefficient (Wildman–Crippen LogP) is 1.29. The number of thiophene rings is 1. The number of rotatable bonds is 6. The van der Waals surface area contributed by atoms with Crippen molar-refractivity contribution in [3.8, 4) is 10.6 Å². The molecule has 2 heterocycles. The van der Waals surface area contributed by atoms with E-state index < -0.39 is 17.9 Å². The molecule has 2 rings (SSSR count). The van der Waals surface area contributed by atoms with E-state index in [1.165, 1.54) is 24.5 Å². The molecule has 0 aliphatic rings. The first-order valence-corrected chi connectivity index (χ1v) is 8.29. The number of hydrogen-bond donors (Lipinski definition) is 1. The predicted molar refractivity (Wildman–Crippen MR) is 90.6 cm³/mol. The summed E-state index contributed by atoms with van der Waals surface area (Å²) in [6.07, 6.45) is 0. The first kappa shape index (κ1) is 17.9. The van der Waals surface area contributed by atoms with Gasteiger partial charge >= 0.3 is 5.97 Å². The van der Waals surface area contributed by atoms with Crippen LogP contribution in [0.15, 0.2) is 34.4 Å². The number of ether oxygens (including phenoxy) is 1. The molecule has 2 aromatic rings. The zero-order valence-corrected chi connectivity index (χ0v) is 14.5. The van der Waals surface area contributed by atoms with Crippen LogP contribution in [0.4, 0.5) is 0 Å². The van der Waals surface area contributed by atoms with E-state index in [1.807, 2.05) is 17.5 Å². The van der Waals surface area contributed by atoms with Gasteiger partial charge in [0.2, 0.25) is 5.91 Å². The van der Waals surface area contributed by atoms with Crippen LogP contribution in [0.3, 0.4) is 0 Å². The average Bonchev–Trinajstić information content (AvgIpc) is 3.08. The summed E-state index contributed by atoms with van der Waals surface area (Å²) in [5.41, 5.74) is 0.232. The zero-order valence-electron chi connectivity index (χ0n) is 13.7. The fourth-order valence-electron chi connectivity index (χ4n) is 2.10. The Labute approximate surface area is 143 Å². The summed E-state index contributed by atoms with van der Waals surface area (Å²) >= 11 is 1.49. The minimum absolute atomic E-state index is 0.136. The van der Waals surface area contributed by atoms with E-state index in [0.717, 1.165) is 9.56 Å². The van der Waals surface area contributed by atoms with Crippen LogP contribution in [0.2, 0.25) is 0 Å². The average molecular weight is 349 g/mol. The maximum atomic E-state index is 12.2. The lowest BCUT2D eigenvalue weighted by Gasteiger charge is -2.19. The number of hydrogen-bond acceptors (Lipinski definition) is 6. The van der Waals surface area contributed by atoms with Crippen molar-refractivity contribution >= 4 is 23.2 Å². The summed E-state index contributed by atoms with van der Waals surface area (Å²) in [6.45, 7) is 3.33. The highest BCUT2D eigenvalue weighted by Gasteiger charge is 2.25. The number of amides is 1. The number of methoxy groups -OCH3 is 1. The monoisotopic (exact) mass is 349 g/mol. The van der Waals surface area contributed by atoms with Crippen LogP contribution in [0.5, 0.6) is 0 Å². The third kappa shape index (κ3) is 4.29. The van der Waals surface area contributed by atoms with E-state index in [9.17, 15) is 14.4 Å². The van der Waals surface area contributed by atoms with Crippen LogP contribution >= 0.6 is 11.3 Å². The molecule has 7 nitrogen and oxygen atoms in total. The molecule has 0 saturated carbocycles. The molecule has 1 N–H and O–H groups in total. The lowest BCUT2D eigenvalue weighted by atomic mass is 10.0. The molecule has 0 aromatic carbocycles. The number of carbonyl (C=O) groups is 2. The molecule has 0 bridgehead atoms. The van der Waals surface area contributed by atoms with Gasteiger partial charge in [0.05, 0.1) is 12.0 Å². The Balaban J connectivity index is 2.15. The summed E-state index contributed by atoms with van der Waals surface area (Å²) < 4.78 is 5.76. The molecule has 2 aromatic heterocycles. The van der Waals surface area contributed by atoms with Crippen LogP contribution in [0.25, 0.3) is 10.6 Å². The molecule has 1 unspecified atom stereocenters. The molecular weight excluding hydrogens is 330 g/mol.